The summed E-state index contributed by atoms with van der Waals surface area (Å²) in [5.41, 5.74) is 1.86. The van der Waals surface area contributed by atoms with E-state index >= 15 is 0 Å². The second kappa shape index (κ2) is 9.73. The lowest BCUT2D eigenvalue weighted by Crippen LogP contribution is -2.37. The Labute approximate surface area is 179 Å². The number of pyridine rings is 1. The monoisotopic (exact) mass is 431 g/mol. The van der Waals surface area contributed by atoms with E-state index < -0.39 is 0 Å². The third kappa shape index (κ3) is 5.47. The molecule has 0 aliphatic rings. The van der Waals surface area contributed by atoms with Crippen molar-refractivity contribution < 1.29 is 9.84 Å². The summed E-state index contributed by atoms with van der Waals surface area (Å²) < 4.78 is 5.21. The van der Waals surface area contributed by atoms with Crippen molar-refractivity contribution in [1.82, 2.24) is 9.88 Å². The van der Waals surface area contributed by atoms with Crippen molar-refractivity contribution in [1.29, 1.82) is 0 Å². The van der Waals surface area contributed by atoms with E-state index in [-0.39, 0.29) is 12.2 Å². The fourth-order valence-corrected chi connectivity index (χ4v) is 3.42. The highest BCUT2D eigenvalue weighted by molar-refractivity contribution is 7.80. The number of H-pyrrole nitrogens is 1. The molecule has 0 saturated carbocycles. The van der Waals surface area contributed by atoms with Gasteiger partial charge >= 0.3 is 0 Å². The number of aliphatic hydroxyl groups is 1. The van der Waals surface area contributed by atoms with Crippen LogP contribution >= 0.6 is 23.8 Å². The van der Waals surface area contributed by atoms with E-state index in [4.69, 9.17) is 28.6 Å². The normalized spacial score (nSPS) is 10.7. The van der Waals surface area contributed by atoms with Crippen LogP contribution in [0.15, 0.2) is 53.3 Å². The molecule has 3 N–H and O–H groups in total. The Hall–Kier alpha value is -2.61. The molecule has 29 heavy (non-hydrogen) atoms. The van der Waals surface area contributed by atoms with Crippen molar-refractivity contribution in [2.24, 2.45) is 0 Å². The van der Waals surface area contributed by atoms with Gasteiger partial charge in [-0.1, -0.05) is 17.7 Å². The average molecular weight is 432 g/mol. The van der Waals surface area contributed by atoms with Crippen molar-refractivity contribution in [3.63, 3.8) is 0 Å². The first-order chi connectivity index (χ1) is 14.0. The van der Waals surface area contributed by atoms with E-state index in [1.165, 1.54) is 0 Å². The van der Waals surface area contributed by atoms with Gasteiger partial charge in [-0.05, 0) is 60.4 Å². The first kappa shape index (κ1) is 21.1. The number of anilines is 1. The Balaban J connectivity index is 1.84. The molecular weight excluding hydrogens is 410 g/mol. The summed E-state index contributed by atoms with van der Waals surface area (Å²) in [7, 11) is 1.58. The first-order valence-electron chi connectivity index (χ1n) is 9.12. The smallest absolute Gasteiger partial charge is 0.253 e. The Bertz CT molecular complexity index is 1070. The summed E-state index contributed by atoms with van der Waals surface area (Å²) in [6.07, 6.45) is 0.528. The van der Waals surface area contributed by atoms with E-state index in [0.29, 0.717) is 46.5 Å². The number of methoxy groups -OCH3 is 1. The zero-order chi connectivity index (χ0) is 20.8. The van der Waals surface area contributed by atoms with E-state index in [0.717, 1.165) is 11.1 Å². The van der Waals surface area contributed by atoms with E-state index in [1.807, 2.05) is 35.2 Å². The molecule has 0 radical (unpaired) electrons. The largest absolute Gasteiger partial charge is 0.497 e. The maximum Gasteiger partial charge on any atom is 0.253 e. The molecule has 0 aliphatic carbocycles. The van der Waals surface area contributed by atoms with E-state index in [9.17, 15) is 9.90 Å². The molecule has 1 aromatic heterocycles. The topological polar surface area (TPSA) is 77.6 Å². The predicted molar refractivity (Wildman–Crippen MR) is 121 cm³/mol. The molecule has 152 valence electrons. The lowest BCUT2D eigenvalue weighted by atomic mass is 10.1. The van der Waals surface area contributed by atoms with Crippen molar-refractivity contribution in [2.75, 3.05) is 25.6 Å². The van der Waals surface area contributed by atoms with Gasteiger partial charge in [-0.25, -0.2) is 0 Å². The molecule has 2 aromatic carbocycles. The standard InChI is InChI=1S/C21H22ClN3O3S/c1-28-18-7-6-14-10-15(20(27)24-19(14)12-18)13-25(8-3-9-26)21(29)23-17-5-2-4-16(22)11-17/h2,4-7,10-12,26H,3,8-9,13H2,1H3,(H,23,29)(H,24,27). The molecule has 0 bridgehead atoms. The summed E-state index contributed by atoms with van der Waals surface area (Å²) in [5.74, 6) is 0.678. The highest BCUT2D eigenvalue weighted by atomic mass is 35.5. The van der Waals surface area contributed by atoms with Gasteiger partial charge in [0.2, 0.25) is 0 Å². The number of thiocarbonyl (C=S) groups is 1. The molecule has 0 spiro atoms. The van der Waals surface area contributed by atoms with E-state index in [1.54, 1.807) is 25.3 Å². The lowest BCUT2D eigenvalue weighted by molar-refractivity contribution is 0.266. The van der Waals surface area contributed by atoms with Gasteiger partial charge < -0.3 is 25.0 Å². The lowest BCUT2D eigenvalue weighted by Gasteiger charge is -2.25. The molecule has 3 rings (SSSR count). The van der Waals surface area contributed by atoms with Crippen LogP contribution in [0.5, 0.6) is 5.75 Å². The van der Waals surface area contributed by atoms with Crippen molar-refractivity contribution >= 4 is 45.5 Å². The van der Waals surface area contributed by atoms with Gasteiger partial charge in [-0.15, -0.1) is 0 Å². The summed E-state index contributed by atoms with van der Waals surface area (Å²) in [5, 5.41) is 14.3. The van der Waals surface area contributed by atoms with Crippen LogP contribution in [0.4, 0.5) is 5.69 Å². The van der Waals surface area contributed by atoms with Gasteiger partial charge in [0, 0.05) is 35.5 Å². The summed E-state index contributed by atoms with van der Waals surface area (Å²) in [4.78, 5) is 17.4. The molecule has 0 saturated heterocycles. The van der Waals surface area contributed by atoms with Crippen LogP contribution in [0.1, 0.15) is 12.0 Å². The number of fused-ring (bicyclic) bond motifs is 1. The molecule has 0 atom stereocenters. The third-order valence-electron chi connectivity index (χ3n) is 4.44. The number of aromatic nitrogens is 1. The van der Waals surface area contributed by atoms with Gasteiger partial charge in [0.1, 0.15) is 5.75 Å². The van der Waals surface area contributed by atoms with E-state index in [2.05, 4.69) is 10.3 Å². The maximum absolute atomic E-state index is 12.6. The SMILES string of the molecule is COc1ccc2cc(CN(CCCO)C(=S)Nc3cccc(Cl)c3)c(=O)[nH]c2c1. The first-order valence-corrected chi connectivity index (χ1v) is 9.91. The molecule has 0 amide bonds. The second-order valence-electron chi connectivity index (χ2n) is 6.52. The number of hydrogen-bond acceptors (Lipinski definition) is 4. The molecule has 0 aliphatic heterocycles. The van der Waals surface area contributed by atoms with Crippen LogP contribution in [-0.2, 0) is 6.54 Å². The Kier molecular flexibility index (Phi) is 7.09. The van der Waals surface area contributed by atoms with Crippen LogP contribution in [0.3, 0.4) is 0 Å². The van der Waals surface area contributed by atoms with Crippen LogP contribution in [0.25, 0.3) is 10.9 Å². The highest BCUT2D eigenvalue weighted by Gasteiger charge is 2.14. The molecule has 8 heteroatoms. The third-order valence-corrected chi connectivity index (χ3v) is 5.04. The minimum Gasteiger partial charge on any atom is -0.497 e. The summed E-state index contributed by atoms with van der Waals surface area (Å²) in [6.45, 7) is 0.844. The van der Waals surface area contributed by atoms with Gasteiger partial charge in [0.15, 0.2) is 5.11 Å². The number of aliphatic hydroxyl groups excluding tert-OH is 1. The van der Waals surface area contributed by atoms with Crippen LogP contribution in [-0.4, -0.2) is 40.4 Å². The number of aromatic amines is 1. The number of benzene rings is 2. The number of rotatable bonds is 7. The molecule has 1 heterocycles. The van der Waals surface area contributed by atoms with Gasteiger partial charge in [0.05, 0.1) is 19.2 Å². The fourth-order valence-electron chi connectivity index (χ4n) is 2.96. The van der Waals surface area contributed by atoms with Crippen LogP contribution in [0.2, 0.25) is 5.02 Å². The molecule has 3 aromatic rings. The zero-order valence-corrected chi connectivity index (χ0v) is 17.5. The minimum atomic E-state index is -0.190. The molecule has 6 nitrogen and oxygen atoms in total. The quantitative estimate of drug-likeness (QED) is 0.494. The number of hydrogen-bond donors (Lipinski definition) is 3. The van der Waals surface area contributed by atoms with Gasteiger partial charge in [-0.2, -0.15) is 0 Å². The number of ether oxygens (including phenoxy) is 1. The average Bonchev–Trinajstić information content (AvgIpc) is 2.70. The minimum absolute atomic E-state index is 0.0319. The second-order valence-corrected chi connectivity index (χ2v) is 7.34. The Morgan fingerprint density at radius 3 is 2.83 bits per heavy atom. The van der Waals surface area contributed by atoms with Gasteiger partial charge in [-0.3, -0.25) is 4.79 Å². The molecule has 0 unspecified atom stereocenters. The molecule has 0 fully saturated rings. The number of nitrogens with zero attached hydrogens (tertiary/aromatic N) is 1. The van der Waals surface area contributed by atoms with Crippen LogP contribution in [0, 0.1) is 0 Å². The predicted octanol–water partition coefficient (Wildman–Crippen LogP) is 3.77. The summed E-state index contributed by atoms with van der Waals surface area (Å²) >= 11 is 11.6. The van der Waals surface area contributed by atoms with Crippen molar-refractivity contribution in [3.8, 4) is 5.75 Å². The van der Waals surface area contributed by atoms with Gasteiger partial charge in [0.25, 0.3) is 5.56 Å². The van der Waals surface area contributed by atoms with Crippen LogP contribution < -0.4 is 15.6 Å². The molecular formula is C21H22ClN3O3S. The van der Waals surface area contributed by atoms with Crippen molar-refractivity contribution in [3.05, 3.63) is 69.5 Å². The number of nitrogens with one attached hydrogen (secondary N) is 2. The van der Waals surface area contributed by atoms with Crippen molar-refractivity contribution in [2.45, 2.75) is 13.0 Å². The Morgan fingerprint density at radius 2 is 2.10 bits per heavy atom. The zero-order valence-electron chi connectivity index (χ0n) is 15.9. The fraction of sp³-hybridized carbons (Fsp3) is 0.238. The maximum atomic E-state index is 12.6. The summed E-state index contributed by atoms with van der Waals surface area (Å²) in [6, 6.07) is 14.6. The highest BCUT2D eigenvalue weighted by Crippen LogP contribution is 2.20. The number of halogens is 1. The Morgan fingerprint density at radius 1 is 1.28 bits per heavy atom.